The van der Waals surface area contributed by atoms with E-state index >= 15 is 0 Å². The molecule has 0 bridgehead atoms. The summed E-state index contributed by atoms with van der Waals surface area (Å²) in [6.07, 6.45) is 7.13. The number of ether oxygens (including phenoxy) is 1. The van der Waals surface area contributed by atoms with Crippen molar-refractivity contribution in [3.63, 3.8) is 0 Å². The van der Waals surface area contributed by atoms with Crippen LogP contribution in [0.5, 0.6) is 0 Å². The van der Waals surface area contributed by atoms with Crippen molar-refractivity contribution in [3.05, 3.63) is 29.8 Å². The van der Waals surface area contributed by atoms with Crippen molar-refractivity contribution in [2.45, 2.75) is 44.8 Å². The molecule has 0 saturated heterocycles. The first-order chi connectivity index (χ1) is 8.63. The molecule has 0 amide bonds. The first-order valence-electron chi connectivity index (χ1n) is 6.57. The lowest BCUT2D eigenvalue weighted by atomic mass is 9.79. The minimum atomic E-state index is -0.324. The summed E-state index contributed by atoms with van der Waals surface area (Å²) in [5, 5.41) is 0. The van der Waals surface area contributed by atoms with Gasteiger partial charge in [0.25, 0.3) is 0 Å². The summed E-state index contributed by atoms with van der Waals surface area (Å²) in [4.78, 5) is 3.82. The molecule has 1 heterocycles. The van der Waals surface area contributed by atoms with Crippen LogP contribution in [0.15, 0.2) is 18.5 Å². The first-order valence-corrected chi connectivity index (χ1v) is 6.57. The van der Waals surface area contributed by atoms with Gasteiger partial charge in [-0.15, -0.1) is 0 Å². The summed E-state index contributed by atoms with van der Waals surface area (Å²) in [5.74, 6) is 0.430. The van der Waals surface area contributed by atoms with Gasteiger partial charge in [0.1, 0.15) is 5.82 Å². The number of hydrogen-bond donors (Lipinski definition) is 1. The Morgan fingerprint density at radius 1 is 1.44 bits per heavy atom. The molecular weight excluding hydrogens is 231 g/mol. The average molecular weight is 252 g/mol. The first kappa shape index (κ1) is 13.4. The van der Waals surface area contributed by atoms with Gasteiger partial charge < -0.3 is 10.5 Å². The third-order valence-electron chi connectivity index (χ3n) is 3.86. The van der Waals surface area contributed by atoms with Gasteiger partial charge in [-0.1, -0.05) is 6.92 Å². The molecule has 3 nitrogen and oxygen atoms in total. The van der Waals surface area contributed by atoms with Crippen molar-refractivity contribution < 1.29 is 9.13 Å². The number of hydrogen-bond acceptors (Lipinski definition) is 3. The van der Waals surface area contributed by atoms with E-state index in [4.69, 9.17) is 10.5 Å². The Morgan fingerprint density at radius 2 is 2.17 bits per heavy atom. The Kier molecular flexibility index (Phi) is 4.30. The maximum absolute atomic E-state index is 13.0. The second kappa shape index (κ2) is 5.76. The maximum Gasteiger partial charge on any atom is 0.141 e. The van der Waals surface area contributed by atoms with Crippen LogP contribution in [0.4, 0.5) is 4.39 Å². The van der Waals surface area contributed by atoms with E-state index in [1.54, 1.807) is 6.20 Å². The maximum atomic E-state index is 13.0. The number of nitrogens with zero attached hydrogens (tertiary/aromatic N) is 1. The Balaban J connectivity index is 1.95. The molecule has 1 aliphatic carbocycles. The van der Waals surface area contributed by atoms with Gasteiger partial charge >= 0.3 is 0 Å². The standard InChI is InChI=1S/C14H21FN2O/c1-11-2-4-14(10-16,5-3-11)18-9-12-6-13(15)8-17-7-12/h6-8,11H,2-5,9-10,16H2,1H3. The van der Waals surface area contributed by atoms with Crippen molar-refractivity contribution in [2.75, 3.05) is 6.54 Å². The molecule has 1 saturated carbocycles. The van der Waals surface area contributed by atoms with Crippen molar-refractivity contribution in [1.82, 2.24) is 4.98 Å². The zero-order chi connectivity index (χ0) is 13.0. The van der Waals surface area contributed by atoms with Crippen LogP contribution in [-0.2, 0) is 11.3 Å². The SMILES string of the molecule is CC1CCC(CN)(OCc2cncc(F)c2)CC1. The predicted molar refractivity (Wildman–Crippen MR) is 68.4 cm³/mol. The van der Waals surface area contributed by atoms with Crippen LogP contribution in [0.3, 0.4) is 0 Å². The normalized spacial score (nSPS) is 28.3. The molecule has 1 aromatic heterocycles. The lowest BCUT2D eigenvalue weighted by Gasteiger charge is -2.38. The van der Waals surface area contributed by atoms with Gasteiger partial charge in [0, 0.05) is 12.7 Å². The third kappa shape index (κ3) is 3.27. The molecule has 0 atom stereocenters. The summed E-state index contributed by atoms with van der Waals surface area (Å²) in [6.45, 7) is 3.18. The van der Waals surface area contributed by atoms with Gasteiger partial charge in [0.05, 0.1) is 18.4 Å². The van der Waals surface area contributed by atoms with E-state index in [-0.39, 0.29) is 11.4 Å². The fourth-order valence-corrected chi connectivity index (χ4v) is 2.47. The molecule has 100 valence electrons. The van der Waals surface area contributed by atoms with Crippen LogP contribution in [0.1, 0.15) is 38.2 Å². The minimum Gasteiger partial charge on any atom is -0.369 e. The Bertz CT molecular complexity index is 389. The van der Waals surface area contributed by atoms with Crippen LogP contribution in [0, 0.1) is 11.7 Å². The van der Waals surface area contributed by atoms with Crippen LogP contribution < -0.4 is 5.73 Å². The summed E-state index contributed by atoms with van der Waals surface area (Å²) >= 11 is 0. The smallest absolute Gasteiger partial charge is 0.141 e. The Hall–Kier alpha value is -1.00. The Morgan fingerprint density at radius 3 is 2.78 bits per heavy atom. The molecule has 0 radical (unpaired) electrons. The van der Waals surface area contributed by atoms with Crippen molar-refractivity contribution >= 4 is 0 Å². The number of pyridine rings is 1. The lowest BCUT2D eigenvalue weighted by molar-refractivity contribution is -0.0800. The molecule has 0 aromatic carbocycles. The quantitative estimate of drug-likeness (QED) is 0.896. The largest absolute Gasteiger partial charge is 0.369 e. The minimum absolute atomic E-state index is 0.223. The van der Waals surface area contributed by atoms with Crippen molar-refractivity contribution in [1.29, 1.82) is 0 Å². The molecule has 2 N–H and O–H groups in total. The topological polar surface area (TPSA) is 48.1 Å². The summed E-state index contributed by atoms with van der Waals surface area (Å²) in [5.41, 5.74) is 6.40. The van der Waals surface area contributed by atoms with Crippen LogP contribution in [-0.4, -0.2) is 17.1 Å². The van der Waals surface area contributed by atoms with Crippen LogP contribution in [0.2, 0.25) is 0 Å². The molecule has 2 rings (SSSR count). The predicted octanol–water partition coefficient (Wildman–Crippen LogP) is 2.64. The monoisotopic (exact) mass is 252 g/mol. The molecule has 0 unspecified atom stereocenters. The highest BCUT2D eigenvalue weighted by atomic mass is 19.1. The highest BCUT2D eigenvalue weighted by Crippen LogP contribution is 2.34. The van der Waals surface area contributed by atoms with E-state index in [0.717, 1.165) is 37.2 Å². The fraction of sp³-hybridized carbons (Fsp3) is 0.643. The molecule has 1 aliphatic rings. The summed E-state index contributed by atoms with van der Waals surface area (Å²) < 4.78 is 19.0. The molecule has 4 heteroatoms. The second-order valence-corrected chi connectivity index (χ2v) is 5.37. The second-order valence-electron chi connectivity index (χ2n) is 5.37. The number of aromatic nitrogens is 1. The molecule has 1 fully saturated rings. The van der Waals surface area contributed by atoms with Gasteiger partial charge in [0.2, 0.25) is 0 Å². The van der Waals surface area contributed by atoms with Crippen LogP contribution >= 0.6 is 0 Å². The number of nitrogens with two attached hydrogens (primary N) is 1. The number of halogens is 1. The van der Waals surface area contributed by atoms with Gasteiger partial charge in [-0.2, -0.15) is 0 Å². The van der Waals surface area contributed by atoms with Gasteiger partial charge in [0.15, 0.2) is 0 Å². The molecule has 1 aromatic rings. The van der Waals surface area contributed by atoms with E-state index in [9.17, 15) is 4.39 Å². The van der Waals surface area contributed by atoms with E-state index < -0.39 is 0 Å². The lowest BCUT2D eigenvalue weighted by Crippen LogP contribution is -2.43. The van der Waals surface area contributed by atoms with E-state index in [0.29, 0.717) is 13.2 Å². The Labute approximate surface area is 108 Å². The summed E-state index contributed by atoms with van der Waals surface area (Å²) in [7, 11) is 0. The average Bonchev–Trinajstić information content (AvgIpc) is 2.39. The summed E-state index contributed by atoms with van der Waals surface area (Å²) in [6, 6.07) is 1.46. The van der Waals surface area contributed by atoms with Crippen molar-refractivity contribution in [3.8, 4) is 0 Å². The van der Waals surface area contributed by atoms with E-state index in [2.05, 4.69) is 11.9 Å². The molecular formula is C14H21FN2O. The highest BCUT2D eigenvalue weighted by molar-refractivity contribution is 5.09. The van der Waals surface area contributed by atoms with Crippen molar-refractivity contribution in [2.24, 2.45) is 11.7 Å². The zero-order valence-corrected chi connectivity index (χ0v) is 10.9. The third-order valence-corrected chi connectivity index (χ3v) is 3.86. The number of rotatable bonds is 4. The van der Waals surface area contributed by atoms with E-state index in [1.165, 1.54) is 12.3 Å². The molecule has 0 aliphatic heterocycles. The van der Waals surface area contributed by atoms with Gasteiger partial charge in [-0.3, -0.25) is 4.98 Å². The fourth-order valence-electron chi connectivity index (χ4n) is 2.47. The van der Waals surface area contributed by atoms with Gasteiger partial charge in [-0.25, -0.2) is 4.39 Å². The van der Waals surface area contributed by atoms with Crippen LogP contribution in [0.25, 0.3) is 0 Å². The molecule has 0 spiro atoms. The molecule has 18 heavy (non-hydrogen) atoms. The highest BCUT2D eigenvalue weighted by Gasteiger charge is 2.33. The van der Waals surface area contributed by atoms with Gasteiger partial charge in [-0.05, 0) is 43.2 Å². The van der Waals surface area contributed by atoms with E-state index in [1.807, 2.05) is 0 Å². The zero-order valence-electron chi connectivity index (χ0n) is 10.9.